The van der Waals surface area contributed by atoms with Crippen molar-refractivity contribution in [2.75, 3.05) is 0 Å². The largest absolute Gasteiger partial charge is 0.448 e. The average Bonchev–Trinajstić information content (AvgIpc) is 2.74. The summed E-state index contributed by atoms with van der Waals surface area (Å²) in [6, 6.07) is 18.1. The van der Waals surface area contributed by atoms with Gasteiger partial charge in [0.25, 0.3) is 11.8 Å². The molecule has 2 atom stereocenters. The number of rotatable bonds is 9. The standard InChI is InChI=1S/C22H24N2O6/c1-15(25)29-19(21(27)23-13-17-9-5-3-6-10-17)20(30-16(2)26)22(28)24-14-18-11-7-4-8-12-18/h3-12,19-20H,13-14H2,1-2H3,(H,23,27)(H,24,28)/t19-,20-/m0/s1. The Bertz CT molecular complexity index is 796. The van der Waals surface area contributed by atoms with Gasteiger partial charge in [-0.05, 0) is 11.1 Å². The number of amides is 2. The second-order valence-electron chi connectivity index (χ2n) is 6.47. The van der Waals surface area contributed by atoms with Crippen LogP contribution in [0.5, 0.6) is 0 Å². The molecule has 0 aliphatic carbocycles. The molecule has 8 nitrogen and oxygen atoms in total. The lowest BCUT2D eigenvalue weighted by Crippen LogP contribution is -2.53. The third-order valence-corrected chi connectivity index (χ3v) is 4.00. The van der Waals surface area contributed by atoms with Gasteiger partial charge in [0.1, 0.15) is 0 Å². The normalized spacial score (nSPS) is 12.2. The van der Waals surface area contributed by atoms with E-state index < -0.39 is 36.0 Å². The molecule has 0 spiro atoms. The molecule has 0 aliphatic heterocycles. The van der Waals surface area contributed by atoms with Crippen LogP contribution in [0.4, 0.5) is 0 Å². The molecule has 2 aromatic carbocycles. The lowest BCUT2D eigenvalue weighted by atomic mass is 10.1. The zero-order chi connectivity index (χ0) is 21.9. The summed E-state index contributed by atoms with van der Waals surface area (Å²) in [4.78, 5) is 48.5. The van der Waals surface area contributed by atoms with E-state index in [2.05, 4.69) is 10.6 Å². The van der Waals surface area contributed by atoms with E-state index in [1.807, 2.05) is 36.4 Å². The minimum Gasteiger partial charge on any atom is -0.448 e. The van der Waals surface area contributed by atoms with Crippen molar-refractivity contribution >= 4 is 23.8 Å². The van der Waals surface area contributed by atoms with E-state index in [9.17, 15) is 19.2 Å². The Balaban J connectivity index is 2.13. The Hall–Kier alpha value is -3.68. The van der Waals surface area contributed by atoms with Gasteiger partial charge in [-0.15, -0.1) is 0 Å². The number of esters is 2. The fraction of sp³-hybridized carbons (Fsp3) is 0.273. The van der Waals surface area contributed by atoms with Gasteiger partial charge in [0.05, 0.1) is 0 Å². The lowest BCUT2D eigenvalue weighted by Gasteiger charge is -2.24. The van der Waals surface area contributed by atoms with Crippen LogP contribution in [-0.4, -0.2) is 36.0 Å². The zero-order valence-corrected chi connectivity index (χ0v) is 16.8. The van der Waals surface area contributed by atoms with Crippen LogP contribution in [-0.2, 0) is 41.7 Å². The quantitative estimate of drug-likeness (QED) is 0.604. The third-order valence-electron chi connectivity index (χ3n) is 4.00. The van der Waals surface area contributed by atoms with E-state index in [1.54, 1.807) is 24.3 Å². The molecule has 8 heteroatoms. The maximum atomic E-state index is 12.7. The first-order valence-electron chi connectivity index (χ1n) is 9.34. The van der Waals surface area contributed by atoms with Crippen LogP contribution in [0.3, 0.4) is 0 Å². The highest BCUT2D eigenvalue weighted by Gasteiger charge is 2.39. The van der Waals surface area contributed by atoms with Gasteiger partial charge in [0.15, 0.2) is 0 Å². The molecule has 158 valence electrons. The first kappa shape index (κ1) is 22.6. The number of hydrogen-bond donors (Lipinski definition) is 2. The molecule has 0 fully saturated rings. The molecule has 2 amide bonds. The molecular weight excluding hydrogens is 388 g/mol. The summed E-state index contributed by atoms with van der Waals surface area (Å²) in [5.74, 6) is -3.09. The highest BCUT2D eigenvalue weighted by molar-refractivity contribution is 5.93. The fourth-order valence-corrected chi connectivity index (χ4v) is 2.63. The minimum atomic E-state index is -1.63. The summed E-state index contributed by atoms with van der Waals surface area (Å²) < 4.78 is 10.1. The first-order chi connectivity index (χ1) is 14.4. The molecule has 0 saturated carbocycles. The average molecular weight is 412 g/mol. The number of carbonyl (C=O) groups is 4. The predicted octanol–water partition coefficient (Wildman–Crippen LogP) is 1.48. The van der Waals surface area contributed by atoms with Gasteiger partial charge >= 0.3 is 11.9 Å². The van der Waals surface area contributed by atoms with E-state index in [-0.39, 0.29) is 13.1 Å². The second kappa shape index (κ2) is 11.4. The van der Waals surface area contributed by atoms with Crippen molar-refractivity contribution in [2.24, 2.45) is 0 Å². The third kappa shape index (κ3) is 7.38. The van der Waals surface area contributed by atoms with Crippen molar-refractivity contribution < 1.29 is 28.7 Å². The molecule has 2 aromatic rings. The Labute approximate surface area is 174 Å². The van der Waals surface area contributed by atoms with Crippen molar-refractivity contribution in [3.63, 3.8) is 0 Å². The SMILES string of the molecule is CC(=O)O[C@H](C(=O)NCc1ccccc1)[C@H](OC(C)=O)C(=O)NCc1ccccc1. The molecule has 0 aliphatic rings. The zero-order valence-electron chi connectivity index (χ0n) is 16.8. The van der Waals surface area contributed by atoms with Gasteiger partial charge in [-0.25, -0.2) is 0 Å². The summed E-state index contributed by atoms with van der Waals surface area (Å²) in [6.07, 6.45) is -3.27. The molecule has 0 heterocycles. The number of carbonyl (C=O) groups excluding carboxylic acids is 4. The van der Waals surface area contributed by atoms with Crippen molar-refractivity contribution in [3.05, 3.63) is 71.8 Å². The molecular formula is C22H24N2O6. The van der Waals surface area contributed by atoms with E-state index in [4.69, 9.17) is 9.47 Å². The number of nitrogens with one attached hydrogen (secondary N) is 2. The topological polar surface area (TPSA) is 111 Å². The summed E-state index contributed by atoms with van der Waals surface area (Å²) in [5.41, 5.74) is 1.62. The van der Waals surface area contributed by atoms with Crippen LogP contribution in [0.1, 0.15) is 25.0 Å². The number of hydrogen-bond acceptors (Lipinski definition) is 6. The van der Waals surface area contributed by atoms with E-state index in [1.165, 1.54) is 0 Å². The van der Waals surface area contributed by atoms with Gasteiger partial charge < -0.3 is 20.1 Å². The van der Waals surface area contributed by atoms with Crippen LogP contribution in [0.25, 0.3) is 0 Å². The molecule has 0 saturated heterocycles. The Morgan fingerprint density at radius 2 is 1.00 bits per heavy atom. The molecule has 0 aromatic heterocycles. The molecule has 30 heavy (non-hydrogen) atoms. The van der Waals surface area contributed by atoms with Crippen molar-refractivity contribution in [2.45, 2.75) is 39.1 Å². The van der Waals surface area contributed by atoms with Crippen molar-refractivity contribution in [3.8, 4) is 0 Å². The smallest absolute Gasteiger partial charge is 0.303 e. The lowest BCUT2D eigenvalue weighted by molar-refractivity contribution is -0.174. The van der Waals surface area contributed by atoms with Crippen LogP contribution in [0.15, 0.2) is 60.7 Å². The predicted molar refractivity (Wildman–Crippen MR) is 108 cm³/mol. The van der Waals surface area contributed by atoms with Gasteiger partial charge in [0, 0.05) is 26.9 Å². The summed E-state index contributed by atoms with van der Waals surface area (Å²) in [6.45, 7) is 2.50. The van der Waals surface area contributed by atoms with Gasteiger partial charge in [0.2, 0.25) is 12.2 Å². The highest BCUT2D eigenvalue weighted by atomic mass is 16.6. The number of benzene rings is 2. The van der Waals surface area contributed by atoms with Crippen LogP contribution in [0.2, 0.25) is 0 Å². The second-order valence-corrected chi connectivity index (χ2v) is 6.47. The van der Waals surface area contributed by atoms with E-state index in [0.29, 0.717) is 0 Å². The van der Waals surface area contributed by atoms with Gasteiger partial charge in [-0.1, -0.05) is 60.7 Å². The Morgan fingerprint density at radius 1 is 0.667 bits per heavy atom. The fourth-order valence-electron chi connectivity index (χ4n) is 2.63. The maximum absolute atomic E-state index is 12.7. The molecule has 2 rings (SSSR count). The van der Waals surface area contributed by atoms with E-state index in [0.717, 1.165) is 25.0 Å². The summed E-state index contributed by atoms with van der Waals surface area (Å²) >= 11 is 0. The Morgan fingerprint density at radius 3 is 1.30 bits per heavy atom. The van der Waals surface area contributed by atoms with Crippen molar-refractivity contribution in [1.82, 2.24) is 10.6 Å². The molecule has 0 bridgehead atoms. The summed E-state index contributed by atoms with van der Waals surface area (Å²) in [7, 11) is 0. The number of ether oxygens (including phenoxy) is 2. The highest BCUT2D eigenvalue weighted by Crippen LogP contribution is 2.09. The molecule has 0 unspecified atom stereocenters. The Kier molecular flexibility index (Phi) is 8.56. The van der Waals surface area contributed by atoms with Crippen LogP contribution < -0.4 is 10.6 Å². The molecule has 2 N–H and O–H groups in total. The van der Waals surface area contributed by atoms with Gasteiger partial charge in [-0.2, -0.15) is 0 Å². The van der Waals surface area contributed by atoms with E-state index >= 15 is 0 Å². The monoisotopic (exact) mass is 412 g/mol. The molecule has 0 radical (unpaired) electrons. The maximum Gasteiger partial charge on any atom is 0.303 e. The van der Waals surface area contributed by atoms with Crippen molar-refractivity contribution in [1.29, 1.82) is 0 Å². The summed E-state index contributed by atoms with van der Waals surface area (Å²) in [5, 5.41) is 5.20. The van der Waals surface area contributed by atoms with Gasteiger partial charge in [-0.3, -0.25) is 19.2 Å². The van der Waals surface area contributed by atoms with Crippen LogP contribution in [0, 0.1) is 0 Å². The van der Waals surface area contributed by atoms with Crippen LogP contribution >= 0.6 is 0 Å². The minimum absolute atomic E-state index is 0.149. The first-order valence-corrected chi connectivity index (χ1v) is 9.34.